The summed E-state index contributed by atoms with van der Waals surface area (Å²) in [6.07, 6.45) is 0.820. The number of carbonyl (C=O) groups is 1. The number of furan rings is 1. The molecule has 0 saturated carbocycles. The summed E-state index contributed by atoms with van der Waals surface area (Å²) in [7, 11) is 0. The molecule has 0 atom stereocenters. The highest BCUT2D eigenvalue weighted by Crippen LogP contribution is 2.25. The fourth-order valence-corrected chi connectivity index (χ4v) is 2.04. The molecule has 0 aromatic carbocycles. The SMILES string of the molecule is CC(=O)N1CCc2oc(Br)cc2C1. The third kappa shape index (κ3) is 1.63. The average molecular weight is 244 g/mol. The van der Waals surface area contributed by atoms with E-state index < -0.39 is 0 Å². The monoisotopic (exact) mass is 243 g/mol. The topological polar surface area (TPSA) is 33.5 Å². The van der Waals surface area contributed by atoms with Gasteiger partial charge in [0.15, 0.2) is 4.67 Å². The minimum Gasteiger partial charge on any atom is -0.454 e. The summed E-state index contributed by atoms with van der Waals surface area (Å²) in [5, 5.41) is 0. The first kappa shape index (κ1) is 8.81. The van der Waals surface area contributed by atoms with Crippen LogP contribution in [0.15, 0.2) is 15.2 Å². The molecule has 0 bridgehead atoms. The van der Waals surface area contributed by atoms with Crippen LogP contribution in [-0.2, 0) is 17.8 Å². The molecule has 4 heteroatoms. The van der Waals surface area contributed by atoms with Crippen molar-refractivity contribution >= 4 is 21.8 Å². The van der Waals surface area contributed by atoms with Crippen LogP contribution in [0.4, 0.5) is 0 Å². The fraction of sp³-hybridized carbons (Fsp3) is 0.444. The summed E-state index contributed by atoms with van der Waals surface area (Å²) in [5.74, 6) is 1.13. The Kier molecular flexibility index (Phi) is 2.15. The van der Waals surface area contributed by atoms with Gasteiger partial charge in [-0.3, -0.25) is 4.79 Å². The standard InChI is InChI=1S/C9H10BrNO2/c1-6(12)11-3-2-8-7(5-11)4-9(10)13-8/h4H,2-3,5H2,1H3. The largest absolute Gasteiger partial charge is 0.454 e. The lowest BCUT2D eigenvalue weighted by Crippen LogP contribution is -2.33. The minimum absolute atomic E-state index is 0.128. The van der Waals surface area contributed by atoms with Crippen LogP contribution in [0.1, 0.15) is 18.2 Å². The van der Waals surface area contributed by atoms with Crippen molar-refractivity contribution < 1.29 is 9.21 Å². The second-order valence-corrected chi connectivity index (χ2v) is 3.97. The maximum absolute atomic E-state index is 11.1. The Labute approximate surface area is 84.8 Å². The maximum Gasteiger partial charge on any atom is 0.219 e. The van der Waals surface area contributed by atoms with Crippen molar-refractivity contribution in [2.24, 2.45) is 0 Å². The summed E-state index contributed by atoms with van der Waals surface area (Å²) >= 11 is 3.28. The molecular formula is C9H10BrNO2. The molecule has 13 heavy (non-hydrogen) atoms. The summed E-state index contributed by atoms with van der Waals surface area (Å²) in [4.78, 5) is 12.9. The predicted molar refractivity (Wildman–Crippen MR) is 51.2 cm³/mol. The van der Waals surface area contributed by atoms with Crippen molar-refractivity contribution in [2.45, 2.75) is 19.9 Å². The van der Waals surface area contributed by atoms with Crippen LogP contribution >= 0.6 is 15.9 Å². The zero-order valence-corrected chi connectivity index (χ0v) is 8.93. The van der Waals surface area contributed by atoms with E-state index in [1.54, 1.807) is 6.92 Å². The molecule has 1 aliphatic rings. The van der Waals surface area contributed by atoms with Gasteiger partial charge in [0.2, 0.25) is 5.91 Å². The van der Waals surface area contributed by atoms with Gasteiger partial charge in [-0.25, -0.2) is 0 Å². The Bertz CT molecular complexity index is 345. The molecule has 1 aromatic heterocycles. The van der Waals surface area contributed by atoms with Gasteiger partial charge in [-0.15, -0.1) is 0 Å². The second kappa shape index (κ2) is 3.18. The Morgan fingerprint density at radius 3 is 3.15 bits per heavy atom. The van der Waals surface area contributed by atoms with Gasteiger partial charge in [-0.2, -0.15) is 0 Å². The quantitative estimate of drug-likeness (QED) is 0.698. The van der Waals surface area contributed by atoms with Gasteiger partial charge in [-0.05, 0) is 22.0 Å². The number of rotatable bonds is 0. The summed E-state index contributed by atoms with van der Waals surface area (Å²) in [6.45, 7) is 3.04. The Balaban J connectivity index is 2.24. The summed E-state index contributed by atoms with van der Waals surface area (Å²) < 4.78 is 6.17. The first-order valence-electron chi connectivity index (χ1n) is 4.19. The van der Waals surface area contributed by atoms with Crippen molar-refractivity contribution in [1.29, 1.82) is 0 Å². The first-order chi connectivity index (χ1) is 6.16. The van der Waals surface area contributed by atoms with Crippen LogP contribution in [0.3, 0.4) is 0 Å². The lowest BCUT2D eigenvalue weighted by molar-refractivity contribution is -0.129. The van der Waals surface area contributed by atoms with E-state index in [1.165, 1.54) is 0 Å². The molecule has 0 spiro atoms. The van der Waals surface area contributed by atoms with Crippen LogP contribution in [0.2, 0.25) is 0 Å². The van der Waals surface area contributed by atoms with E-state index in [1.807, 2.05) is 11.0 Å². The van der Waals surface area contributed by atoms with E-state index in [2.05, 4.69) is 15.9 Å². The van der Waals surface area contributed by atoms with E-state index in [4.69, 9.17) is 4.42 Å². The second-order valence-electron chi connectivity index (χ2n) is 3.19. The van der Waals surface area contributed by atoms with E-state index in [0.29, 0.717) is 6.54 Å². The van der Waals surface area contributed by atoms with Crippen LogP contribution in [0.5, 0.6) is 0 Å². The number of amides is 1. The van der Waals surface area contributed by atoms with Gasteiger partial charge in [-0.1, -0.05) is 0 Å². The molecule has 1 amide bonds. The van der Waals surface area contributed by atoms with Crippen molar-refractivity contribution in [3.63, 3.8) is 0 Å². The maximum atomic E-state index is 11.1. The van der Waals surface area contributed by atoms with E-state index in [9.17, 15) is 4.79 Å². The molecule has 2 rings (SSSR count). The highest BCUT2D eigenvalue weighted by atomic mass is 79.9. The third-order valence-electron chi connectivity index (χ3n) is 2.28. The number of nitrogens with zero attached hydrogens (tertiary/aromatic N) is 1. The van der Waals surface area contributed by atoms with E-state index in [-0.39, 0.29) is 5.91 Å². The van der Waals surface area contributed by atoms with Crippen molar-refractivity contribution in [2.75, 3.05) is 6.54 Å². The van der Waals surface area contributed by atoms with Gasteiger partial charge in [0.1, 0.15) is 5.76 Å². The van der Waals surface area contributed by atoms with Crippen LogP contribution in [0.25, 0.3) is 0 Å². The zero-order chi connectivity index (χ0) is 9.42. The van der Waals surface area contributed by atoms with Gasteiger partial charge in [0.25, 0.3) is 0 Å². The molecule has 0 fully saturated rings. The molecule has 0 unspecified atom stereocenters. The van der Waals surface area contributed by atoms with Crippen LogP contribution in [-0.4, -0.2) is 17.4 Å². The number of hydrogen-bond acceptors (Lipinski definition) is 2. The van der Waals surface area contributed by atoms with Gasteiger partial charge >= 0.3 is 0 Å². The fourth-order valence-electron chi connectivity index (χ4n) is 1.57. The Morgan fingerprint density at radius 2 is 2.46 bits per heavy atom. The zero-order valence-electron chi connectivity index (χ0n) is 7.34. The molecule has 3 nitrogen and oxygen atoms in total. The molecule has 0 saturated heterocycles. The van der Waals surface area contributed by atoms with Gasteiger partial charge < -0.3 is 9.32 Å². The number of fused-ring (bicyclic) bond motifs is 1. The first-order valence-corrected chi connectivity index (χ1v) is 4.98. The van der Waals surface area contributed by atoms with Crippen molar-refractivity contribution in [3.05, 3.63) is 22.1 Å². The average Bonchev–Trinajstić information content (AvgIpc) is 2.42. The molecule has 1 aliphatic heterocycles. The Morgan fingerprint density at radius 1 is 1.69 bits per heavy atom. The third-order valence-corrected chi connectivity index (χ3v) is 2.67. The summed E-state index contributed by atoms with van der Waals surface area (Å²) in [5.41, 5.74) is 1.12. The molecule has 2 heterocycles. The predicted octanol–water partition coefficient (Wildman–Crippen LogP) is 1.95. The lowest BCUT2D eigenvalue weighted by Gasteiger charge is -2.24. The highest BCUT2D eigenvalue weighted by Gasteiger charge is 2.21. The van der Waals surface area contributed by atoms with Gasteiger partial charge in [0.05, 0.1) is 0 Å². The van der Waals surface area contributed by atoms with Crippen molar-refractivity contribution in [1.82, 2.24) is 4.90 Å². The van der Waals surface area contributed by atoms with Crippen molar-refractivity contribution in [3.8, 4) is 0 Å². The van der Waals surface area contributed by atoms with Gasteiger partial charge in [0, 0.05) is 32.0 Å². The molecular weight excluding hydrogens is 234 g/mol. The summed E-state index contributed by atoms with van der Waals surface area (Å²) in [6, 6.07) is 1.93. The van der Waals surface area contributed by atoms with E-state index >= 15 is 0 Å². The molecule has 70 valence electrons. The lowest BCUT2D eigenvalue weighted by atomic mass is 10.1. The minimum atomic E-state index is 0.128. The van der Waals surface area contributed by atoms with E-state index in [0.717, 1.165) is 29.0 Å². The van der Waals surface area contributed by atoms with Crippen LogP contribution in [0, 0.1) is 0 Å². The highest BCUT2D eigenvalue weighted by molar-refractivity contribution is 9.10. The molecule has 0 aliphatic carbocycles. The Hall–Kier alpha value is -0.770. The smallest absolute Gasteiger partial charge is 0.219 e. The molecule has 0 radical (unpaired) electrons. The normalized spacial score (nSPS) is 15.7. The molecule has 1 aromatic rings. The van der Waals surface area contributed by atoms with Crippen LogP contribution < -0.4 is 0 Å². The number of halogens is 1. The molecule has 0 N–H and O–H groups in total. The number of hydrogen-bond donors (Lipinski definition) is 0. The number of carbonyl (C=O) groups excluding carboxylic acids is 1.